The van der Waals surface area contributed by atoms with Gasteiger partial charge in [0.1, 0.15) is 11.6 Å². The number of fused-ring (bicyclic) bond motifs is 1. The smallest absolute Gasteiger partial charge is 0.296 e. The van der Waals surface area contributed by atoms with Crippen molar-refractivity contribution in [1.29, 1.82) is 0 Å². The molecule has 1 aliphatic rings. The zero-order valence-corrected chi connectivity index (χ0v) is 16.3. The van der Waals surface area contributed by atoms with Gasteiger partial charge in [0, 0.05) is 27.1 Å². The monoisotopic (exact) mass is 402 g/mol. The van der Waals surface area contributed by atoms with E-state index in [9.17, 15) is 23.9 Å². The van der Waals surface area contributed by atoms with E-state index in [1.807, 2.05) is 0 Å². The number of aromatic hydroxyl groups is 1. The lowest BCUT2D eigenvalue weighted by Crippen LogP contribution is -2.36. The SMILES string of the molecule is CC(=O)N(C)C1CCCCn2c1nc(C(=O)NCc1ccc(F)cc1)c(O)c2=O. The molecule has 1 aromatic heterocycles. The number of aromatic nitrogens is 2. The molecule has 0 spiro atoms. The molecule has 2 heterocycles. The minimum absolute atomic E-state index is 0.0788. The minimum atomic E-state index is -0.725. The Bertz CT molecular complexity index is 987. The summed E-state index contributed by atoms with van der Waals surface area (Å²) in [5.74, 6) is -1.74. The Morgan fingerprint density at radius 3 is 2.66 bits per heavy atom. The molecule has 9 heteroatoms. The first-order chi connectivity index (χ1) is 13.8. The van der Waals surface area contributed by atoms with Crippen LogP contribution in [0.5, 0.6) is 5.75 Å². The molecule has 0 saturated heterocycles. The maximum absolute atomic E-state index is 13.0. The van der Waals surface area contributed by atoms with E-state index in [4.69, 9.17) is 0 Å². The molecule has 3 rings (SSSR count). The van der Waals surface area contributed by atoms with Crippen molar-refractivity contribution in [2.24, 2.45) is 0 Å². The topological polar surface area (TPSA) is 105 Å². The fourth-order valence-electron chi connectivity index (χ4n) is 3.38. The summed E-state index contributed by atoms with van der Waals surface area (Å²) in [7, 11) is 1.62. The third kappa shape index (κ3) is 4.28. The second-order valence-electron chi connectivity index (χ2n) is 7.07. The van der Waals surface area contributed by atoms with Crippen LogP contribution in [0.1, 0.15) is 54.1 Å². The number of benzene rings is 1. The number of rotatable bonds is 4. The maximum Gasteiger partial charge on any atom is 0.296 e. The van der Waals surface area contributed by atoms with Gasteiger partial charge in [-0.25, -0.2) is 9.37 Å². The quantitative estimate of drug-likeness (QED) is 0.810. The van der Waals surface area contributed by atoms with Gasteiger partial charge in [0.25, 0.3) is 11.5 Å². The summed E-state index contributed by atoms with van der Waals surface area (Å²) in [6.07, 6.45) is 2.08. The molecular weight excluding hydrogens is 379 g/mol. The Morgan fingerprint density at radius 2 is 2.00 bits per heavy atom. The highest BCUT2D eigenvalue weighted by atomic mass is 19.1. The number of carbonyl (C=O) groups is 2. The molecule has 0 radical (unpaired) electrons. The Morgan fingerprint density at radius 1 is 1.31 bits per heavy atom. The van der Waals surface area contributed by atoms with Gasteiger partial charge in [0.05, 0.1) is 6.04 Å². The van der Waals surface area contributed by atoms with Crippen molar-refractivity contribution in [2.75, 3.05) is 7.05 Å². The molecule has 1 aliphatic heterocycles. The van der Waals surface area contributed by atoms with E-state index >= 15 is 0 Å². The predicted molar refractivity (Wildman–Crippen MR) is 103 cm³/mol. The Kier molecular flexibility index (Phi) is 5.95. The molecule has 8 nitrogen and oxygen atoms in total. The average Bonchev–Trinajstić information content (AvgIpc) is 2.91. The molecule has 1 aromatic carbocycles. The van der Waals surface area contributed by atoms with Gasteiger partial charge in [-0.15, -0.1) is 0 Å². The van der Waals surface area contributed by atoms with Crippen molar-refractivity contribution < 1.29 is 19.1 Å². The molecule has 0 aliphatic carbocycles. The zero-order chi connectivity index (χ0) is 21.1. The predicted octanol–water partition coefficient (Wildman–Crippen LogP) is 1.72. The van der Waals surface area contributed by atoms with E-state index in [2.05, 4.69) is 10.3 Å². The summed E-state index contributed by atoms with van der Waals surface area (Å²) < 4.78 is 14.3. The van der Waals surface area contributed by atoms with E-state index < -0.39 is 29.1 Å². The van der Waals surface area contributed by atoms with Crippen LogP contribution in [0.15, 0.2) is 29.1 Å². The largest absolute Gasteiger partial charge is 0.501 e. The van der Waals surface area contributed by atoms with Crippen LogP contribution in [0.4, 0.5) is 4.39 Å². The number of nitrogens with zero attached hydrogens (tertiary/aromatic N) is 3. The van der Waals surface area contributed by atoms with Crippen LogP contribution in [0, 0.1) is 5.82 Å². The molecule has 2 N–H and O–H groups in total. The molecule has 1 atom stereocenters. The van der Waals surface area contributed by atoms with Gasteiger partial charge in [-0.05, 0) is 37.0 Å². The fraction of sp³-hybridized carbons (Fsp3) is 0.400. The molecule has 154 valence electrons. The average molecular weight is 402 g/mol. The van der Waals surface area contributed by atoms with Crippen LogP contribution >= 0.6 is 0 Å². The lowest BCUT2D eigenvalue weighted by atomic mass is 10.1. The van der Waals surface area contributed by atoms with Gasteiger partial charge in [-0.3, -0.25) is 19.0 Å². The maximum atomic E-state index is 13.0. The second-order valence-corrected chi connectivity index (χ2v) is 7.07. The number of carbonyl (C=O) groups excluding carboxylic acids is 2. The van der Waals surface area contributed by atoms with E-state index in [1.165, 1.54) is 40.7 Å². The number of hydrogen-bond donors (Lipinski definition) is 2. The lowest BCUT2D eigenvalue weighted by molar-refractivity contribution is -0.130. The van der Waals surface area contributed by atoms with Crippen LogP contribution in [-0.2, 0) is 17.9 Å². The van der Waals surface area contributed by atoms with Crippen LogP contribution < -0.4 is 10.9 Å². The Labute approximate surface area is 167 Å². The van der Waals surface area contributed by atoms with Gasteiger partial charge >= 0.3 is 0 Å². The standard InChI is InChI=1S/C20H23FN4O4/c1-12(26)24(2)15-5-3-4-10-25-18(15)23-16(17(27)20(25)29)19(28)22-11-13-6-8-14(21)9-7-13/h6-9,15,27H,3-5,10-11H2,1-2H3,(H,22,28). The molecule has 0 saturated carbocycles. The highest BCUT2D eigenvalue weighted by Crippen LogP contribution is 2.28. The summed E-state index contributed by atoms with van der Waals surface area (Å²) >= 11 is 0. The normalized spacial score (nSPS) is 15.9. The molecule has 1 unspecified atom stereocenters. The summed E-state index contributed by atoms with van der Waals surface area (Å²) in [5.41, 5.74) is -0.432. The first-order valence-corrected chi connectivity index (χ1v) is 9.39. The Hall–Kier alpha value is -3.23. The van der Waals surface area contributed by atoms with Gasteiger partial charge in [-0.2, -0.15) is 0 Å². The molecule has 0 bridgehead atoms. The highest BCUT2D eigenvalue weighted by Gasteiger charge is 2.30. The number of amides is 2. The highest BCUT2D eigenvalue weighted by molar-refractivity contribution is 5.94. The van der Waals surface area contributed by atoms with Crippen molar-refractivity contribution in [3.05, 3.63) is 57.5 Å². The molecule has 2 aromatic rings. The summed E-state index contributed by atoms with van der Waals surface area (Å²) in [6, 6.07) is 5.12. The zero-order valence-electron chi connectivity index (χ0n) is 16.3. The van der Waals surface area contributed by atoms with Crippen LogP contribution in [-0.4, -0.2) is 38.4 Å². The number of halogens is 1. The van der Waals surface area contributed by atoms with Crippen LogP contribution in [0.3, 0.4) is 0 Å². The first kappa shape index (κ1) is 20.5. The van der Waals surface area contributed by atoms with Crippen molar-refractivity contribution in [3.8, 4) is 5.75 Å². The second kappa shape index (κ2) is 8.42. The van der Waals surface area contributed by atoms with E-state index in [0.29, 0.717) is 24.9 Å². The van der Waals surface area contributed by atoms with Crippen molar-refractivity contribution in [3.63, 3.8) is 0 Å². The minimum Gasteiger partial charge on any atom is -0.501 e. The van der Waals surface area contributed by atoms with Gasteiger partial charge in [0.15, 0.2) is 5.69 Å². The third-order valence-electron chi connectivity index (χ3n) is 5.13. The van der Waals surface area contributed by atoms with Crippen molar-refractivity contribution in [2.45, 2.75) is 45.3 Å². The molecular formula is C20H23FN4O4. The summed E-state index contributed by atoms with van der Waals surface area (Å²) in [6.45, 7) is 1.86. The fourth-order valence-corrected chi connectivity index (χ4v) is 3.38. The van der Waals surface area contributed by atoms with Crippen molar-refractivity contribution in [1.82, 2.24) is 19.8 Å². The molecule has 29 heavy (non-hydrogen) atoms. The Balaban J connectivity index is 1.94. The summed E-state index contributed by atoms with van der Waals surface area (Å²) in [4.78, 5) is 42.9. The molecule has 0 fully saturated rings. The third-order valence-corrected chi connectivity index (χ3v) is 5.13. The van der Waals surface area contributed by atoms with Gasteiger partial charge in [0.2, 0.25) is 11.7 Å². The van der Waals surface area contributed by atoms with E-state index in [0.717, 1.165) is 6.42 Å². The number of nitrogens with one attached hydrogen (secondary N) is 1. The van der Waals surface area contributed by atoms with Gasteiger partial charge < -0.3 is 15.3 Å². The lowest BCUT2D eigenvalue weighted by Gasteiger charge is -2.27. The van der Waals surface area contributed by atoms with Gasteiger partial charge in [-0.1, -0.05) is 12.1 Å². The molecule has 2 amide bonds. The van der Waals surface area contributed by atoms with Crippen molar-refractivity contribution >= 4 is 11.8 Å². The first-order valence-electron chi connectivity index (χ1n) is 9.39. The van der Waals surface area contributed by atoms with E-state index in [-0.39, 0.29) is 24.0 Å². The number of hydrogen-bond acceptors (Lipinski definition) is 5. The summed E-state index contributed by atoms with van der Waals surface area (Å²) in [5, 5.41) is 12.9. The van der Waals surface area contributed by atoms with E-state index in [1.54, 1.807) is 7.05 Å². The van der Waals surface area contributed by atoms with Crippen LogP contribution in [0.25, 0.3) is 0 Å². The van der Waals surface area contributed by atoms with Crippen LogP contribution in [0.2, 0.25) is 0 Å².